The third kappa shape index (κ3) is 3.62. The van der Waals surface area contributed by atoms with Crippen molar-refractivity contribution in [3.05, 3.63) is 59.4 Å². The molecule has 0 aliphatic heterocycles. The summed E-state index contributed by atoms with van der Waals surface area (Å²) in [6, 6.07) is 12.2. The Morgan fingerprint density at radius 3 is 2.76 bits per heavy atom. The largest absolute Gasteiger partial charge is 0.434 e. The fourth-order valence-corrected chi connectivity index (χ4v) is 2.69. The maximum atomic E-state index is 12.6. The molecule has 0 atom stereocenters. The Balaban J connectivity index is 2.08. The SMILES string of the molecule is C#Cc1ccc2nc(COC)n(Cc3ccccc3OC(F)F)c2c1. The molecule has 0 aliphatic carbocycles. The van der Waals surface area contributed by atoms with Crippen molar-refractivity contribution in [2.24, 2.45) is 0 Å². The smallest absolute Gasteiger partial charge is 0.387 e. The minimum Gasteiger partial charge on any atom is -0.434 e. The zero-order valence-electron chi connectivity index (χ0n) is 13.6. The molecule has 0 bridgehead atoms. The number of rotatable bonds is 6. The summed E-state index contributed by atoms with van der Waals surface area (Å²) < 4.78 is 37.0. The van der Waals surface area contributed by atoms with Gasteiger partial charge in [-0.25, -0.2) is 4.98 Å². The Morgan fingerprint density at radius 2 is 2.04 bits per heavy atom. The number of alkyl halides is 2. The molecule has 0 saturated heterocycles. The van der Waals surface area contributed by atoms with Gasteiger partial charge in [-0.3, -0.25) is 0 Å². The average molecular weight is 342 g/mol. The van der Waals surface area contributed by atoms with Gasteiger partial charge in [-0.2, -0.15) is 8.78 Å². The highest BCUT2D eigenvalue weighted by Gasteiger charge is 2.15. The van der Waals surface area contributed by atoms with Crippen molar-refractivity contribution in [3.8, 4) is 18.1 Å². The highest BCUT2D eigenvalue weighted by Crippen LogP contribution is 2.25. The normalized spacial score (nSPS) is 11.0. The summed E-state index contributed by atoms with van der Waals surface area (Å²) >= 11 is 0. The number of hydrogen-bond donors (Lipinski definition) is 0. The fraction of sp³-hybridized carbons (Fsp3) is 0.211. The molecule has 0 spiro atoms. The molecule has 0 N–H and O–H groups in total. The van der Waals surface area contributed by atoms with E-state index in [1.165, 1.54) is 6.07 Å². The van der Waals surface area contributed by atoms with Crippen LogP contribution in [-0.2, 0) is 17.9 Å². The summed E-state index contributed by atoms with van der Waals surface area (Å²) in [6.07, 6.45) is 5.48. The molecule has 0 aliphatic rings. The van der Waals surface area contributed by atoms with Gasteiger partial charge in [-0.15, -0.1) is 6.42 Å². The van der Waals surface area contributed by atoms with Crippen LogP contribution in [0.15, 0.2) is 42.5 Å². The Hall–Kier alpha value is -2.91. The van der Waals surface area contributed by atoms with Crippen molar-refractivity contribution in [2.45, 2.75) is 19.8 Å². The average Bonchev–Trinajstić information content (AvgIpc) is 2.93. The van der Waals surface area contributed by atoms with E-state index in [2.05, 4.69) is 15.6 Å². The number of terminal acetylenes is 1. The van der Waals surface area contributed by atoms with Crippen LogP contribution in [0, 0.1) is 12.3 Å². The monoisotopic (exact) mass is 342 g/mol. The van der Waals surface area contributed by atoms with E-state index >= 15 is 0 Å². The quantitative estimate of drug-likeness (QED) is 0.639. The summed E-state index contributed by atoms with van der Waals surface area (Å²) in [5.41, 5.74) is 2.91. The second kappa shape index (κ2) is 7.32. The van der Waals surface area contributed by atoms with E-state index in [4.69, 9.17) is 11.2 Å². The lowest BCUT2D eigenvalue weighted by Crippen LogP contribution is -2.09. The first kappa shape index (κ1) is 16.9. The van der Waals surface area contributed by atoms with Crippen molar-refractivity contribution >= 4 is 11.0 Å². The second-order valence-electron chi connectivity index (χ2n) is 5.38. The second-order valence-corrected chi connectivity index (χ2v) is 5.38. The van der Waals surface area contributed by atoms with Crippen LogP contribution in [0.25, 0.3) is 11.0 Å². The topological polar surface area (TPSA) is 36.3 Å². The first-order chi connectivity index (χ1) is 12.1. The molecular weight excluding hydrogens is 326 g/mol. The number of aromatic nitrogens is 2. The van der Waals surface area contributed by atoms with Gasteiger partial charge in [0.25, 0.3) is 0 Å². The highest BCUT2D eigenvalue weighted by atomic mass is 19.3. The third-order valence-corrected chi connectivity index (χ3v) is 3.78. The van der Waals surface area contributed by atoms with Crippen molar-refractivity contribution in [1.82, 2.24) is 9.55 Å². The van der Waals surface area contributed by atoms with Crippen molar-refractivity contribution in [3.63, 3.8) is 0 Å². The molecule has 4 nitrogen and oxygen atoms in total. The van der Waals surface area contributed by atoms with E-state index in [1.54, 1.807) is 25.3 Å². The van der Waals surface area contributed by atoms with Gasteiger partial charge in [0.2, 0.25) is 0 Å². The van der Waals surface area contributed by atoms with Gasteiger partial charge in [0.1, 0.15) is 18.2 Å². The zero-order chi connectivity index (χ0) is 17.8. The van der Waals surface area contributed by atoms with Crippen LogP contribution in [-0.4, -0.2) is 23.3 Å². The molecular formula is C19H16F2N2O2. The Kier molecular flexibility index (Phi) is 4.96. The number of ether oxygens (including phenoxy) is 2. The van der Waals surface area contributed by atoms with Crippen LogP contribution in [0.3, 0.4) is 0 Å². The number of nitrogens with zero attached hydrogens (tertiary/aromatic N) is 2. The van der Waals surface area contributed by atoms with E-state index in [0.29, 0.717) is 17.9 Å². The number of imidazole rings is 1. The van der Waals surface area contributed by atoms with Crippen molar-refractivity contribution in [1.29, 1.82) is 0 Å². The van der Waals surface area contributed by atoms with Gasteiger partial charge in [0.15, 0.2) is 0 Å². The van der Waals surface area contributed by atoms with Gasteiger partial charge < -0.3 is 14.0 Å². The molecule has 128 valence electrons. The lowest BCUT2D eigenvalue weighted by Gasteiger charge is -2.13. The molecule has 2 aromatic carbocycles. The predicted octanol–water partition coefficient (Wildman–Crippen LogP) is 3.81. The number of hydrogen-bond acceptors (Lipinski definition) is 3. The van der Waals surface area contributed by atoms with Crippen LogP contribution in [0.1, 0.15) is 17.0 Å². The fourth-order valence-electron chi connectivity index (χ4n) is 2.69. The van der Waals surface area contributed by atoms with E-state index in [0.717, 1.165) is 16.6 Å². The van der Waals surface area contributed by atoms with E-state index in [9.17, 15) is 8.78 Å². The third-order valence-electron chi connectivity index (χ3n) is 3.78. The summed E-state index contributed by atoms with van der Waals surface area (Å²) in [5.74, 6) is 3.41. The Morgan fingerprint density at radius 1 is 1.24 bits per heavy atom. The molecule has 0 amide bonds. The molecule has 3 rings (SSSR count). The summed E-state index contributed by atoms with van der Waals surface area (Å²) in [5, 5.41) is 0. The van der Waals surface area contributed by atoms with Gasteiger partial charge >= 0.3 is 6.61 Å². The lowest BCUT2D eigenvalue weighted by atomic mass is 10.1. The molecule has 25 heavy (non-hydrogen) atoms. The minimum absolute atomic E-state index is 0.135. The first-order valence-electron chi connectivity index (χ1n) is 7.60. The summed E-state index contributed by atoms with van der Waals surface area (Å²) in [6.45, 7) is -2.28. The maximum Gasteiger partial charge on any atom is 0.387 e. The molecule has 1 aromatic heterocycles. The number of para-hydroxylation sites is 1. The Labute approximate surface area is 144 Å². The molecule has 0 radical (unpaired) electrons. The number of fused-ring (bicyclic) bond motifs is 1. The Bertz CT molecular complexity index is 929. The molecule has 0 fully saturated rings. The molecule has 0 unspecified atom stereocenters. The number of methoxy groups -OCH3 is 1. The summed E-state index contributed by atoms with van der Waals surface area (Å²) in [4.78, 5) is 4.54. The van der Waals surface area contributed by atoms with Crippen LogP contribution < -0.4 is 4.74 Å². The lowest BCUT2D eigenvalue weighted by molar-refractivity contribution is -0.0504. The van der Waals surface area contributed by atoms with Gasteiger partial charge in [-0.1, -0.05) is 24.1 Å². The molecule has 6 heteroatoms. The van der Waals surface area contributed by atoms with Crippen LogP contribution in [0.4, 0.5) is 8.78 Å². The molecule has 1 heterocycles. The molecule has 0 saturated carbocycles. The van der Waals surface area contributed by atoms with Crippen molar-refractivity contribution in [2.75, 3.05) is 7.11 Å². The maximum absolute atomic E-state index is 12.6. The van der Waals surface area contributed by atoms with E-state index in [1.807, 2.05) is 22.8 Å². The van der Waals surface area contributed by atoms with Gasteiger partial charge in [-0.05, 0) is 24.3 Å². The van der Waals surface area contributed by atoms with Crippen LogP contribution in [0.5, 0.6) is 5.75 Å². The van der Waals surface area contributed by atoms with E-state index < -0.39 is 6.61 Å². The number of benzene rings is 2. The first-order valence-corrected chi connectivity index (χ1v) is 7.60. The van der Waals surface area contributed by atoms with Gasteiger partial charge in [0, 0.05) is 18.2 Å². The summed E-state index contributed by atoms with van der Waals surface area (Å²) in [7, 11) is 1.57. The molecule has 3 aromatic rings. The van der Waals surface area contributed by atoms with Crippen molar-refractivity contribution < 1.29 is 18.3 Å². The highest BCUT2D eigenvalue weighted by molar-refractivity contribution is 5.78. The van der Waals surface area contributed by atoms with Crippen LogP contribution >= 0.6 is 0 Å². The standard InChI is InChI=1S/C19H16F2N2O2/c1-3-13-8-9-15-16(10-13)23(18(22-15)12-24-2)11-14-6-4-5-7-17(14)25-19(20)21/h1,4-10,19H,11-12H2,2H3. The predicted molar refractivity (Wildman–Crippen MR) is 90.6 cm³/mol. The zero-order valence-corrected chi connectivity index (χ0v) is 13.6. The number of halogens is 2. The van der Waals surface area contributed by atoms with Crippen LogP contribution in [0.2, 0.25) is 0 Å². The van der Waals surface area contributed by atoms with Gasteiger partial charge in [0.05, 0.1) is 17.6 Å². The minimum atomic E-state index is -2.88. The van der Waals surface area contributed by atoms with E-state index in [-0.39, 0.29) is 12.4 Å².